The number of amides is 3. The van der Waals surface area contributed by atoms with E-state index >= 15 is 0 Å². The first-order valence-electron chi connectivity index (χ1n) is 14.9. The molecule has 1 aliphatic rings. The number of hydrogen-bond acceptors (Lipinski definition) is 7. The van der Waals surface area contributed by atoms with Gasteiger partial charge in [0.15, 0.2) is 0 Å². The lowest BCUT2D eigenvalue weighted by Crippen LogP contribution is -2.45. The summed E-state index contributed by atoms with van der Waals surface area (Å²) in [6.07, 6.45) is 3.36. The van der Waals surface area contributed by atoms with Gasteiger partial charge in [-0.2, -0.15) is 0 Å². The van der Waals surface area contributed by atoms with Crippen LogP contribution in [-0.2, 0) is 23.9 Å². The summed E-state index contributed by atoms with van der Waals surface area (Å²) in [6, 6.07) is 14.1. The molecule has 10 nitrogen and oxygen atoms in total. The highest BCUT2D eigenvalue weighted by molar-refractivity contribution is 5.86. The Morgan fingerprint density at radius 2 is 1.52 bits per heavy atom. The maximum atomic E-state index is 12.9. The van der Waals surface area contributed by atoms with Gasteiger partial charge in [-0.05, 0) is 55.4 Å². The van der Waals surface area contributed by atoms with E-state index in [0.717, 1.165) is 22.3 Å². The van der Waals surface area contributed by atoms with Crippen molar-refractivity contribution in [3.05, 3.63) is 85.0 Å². The van der Waals surface area contributed by atoms with E-state index in [0.29, 0.717) is 6.42 Å². The van der Waals surface area contributed by atoms with Gasteiger partial charge in [-0.1, -0.05) is 60.7 Å². The Labute approximate surface area is 258 Å². The van der Waals surface area contributed by atoms with E-state index in [9.17, 15) is 19.2 Å². The van der Waals surface area contributed by atoms with Gasteiger partial charge in [-0.15, -0.1) is 13.2 Å². The van der Waals surface area contributed by atoms with Crippen LogP contribution in [0.25, 0.3) is 11.1 Å². The number of hydrogen-bond donors (Lipinski definition) is 4. The van der Waals surface area contributed by atoms with E-state index < -0.39 is 36.1 Å². The zero-order chi connectivity index (χ0) is 32.1. The van der Waals surface area contributed by atoms with Crippen LogP contribution in [0.5, 0.6) is 0 Å². The Morgan fingerprint density at radius 3 is 2.11 bits per heavy atom. The summed E-state index contributed by atoms with van der Waals surface area (Å²) < 4.78 is 11.0. The Morgan fingerprint density at radius 1 is 0.886 bits per heavy atom. The van der Waals surface area contributed by atoms with Gasteiger partial charge in [0.2, 0.25) is 11.8 Å². The summed E-state index contributed by atoms with van der Waals surface area (Å²) in [4.78, 5) is 50.8. The Kier molecular flexibility index (Phi) is 13.2. The van der Waals surface area contributed by atoms with Crippen LogP contribution in [0.15, 0.2) is 73.8 Å². The third-order valence-electron chi connectivity index (χ3n) is 7.38. The third kappa shape index (κ3) is 9.54. The second kappa shape index (κ2) is 17.0. The lowest BCUT2D eigenvalue weighted by Gasteiger charge is -2.22. The number of nitrogens with one attached hydrogen (secondary N) is 3. The van der Waals surface area contributed by atoms with Crippen molar-refractivity contribution in [3.63, 3.8) is 0 Å². The van der Waals surface area contributed by atoms with E-state index in [1.54, 1.807) is 26.0 Å². The van der Waals surface area contributed by atoms with Gasteiger partial charge in [0.25, 0.3) is 0 Å². The quantitative estimate of drug-likeness (QED) is 0.158. The number of ether oxygens (including phenoxy) is 2. The highest BCUT2D eigenvalue weighted by Crippen LogP contribution is 2.44. The first-order valence-corrected chi connectivity index (χ1v) is 14.9. The van der Waals surface area contributed by atoms with Gasteiger partial charge in [-0.3, -0.25) is 9.59 Å². The lowest BCUT2D eigenvalue weighted by molar-refractivity contribution is -0.147. The van der Waals surface area contributed by atoms with Crippen molar-refractivity contribution in [1.29, 1.82) is 0 Å². The van der Waals surface area contributed by atoms with E-state index in [-0.39, 0.29) is 56.8 Å². The number of aliphatic hydroxyl groups is 1. The zero-order valence-electron chi connectivity index (χ0n) is 25.4. The van der Waals surface area contributed by atoms with Crippen molar-refractivity contribution in [2.75, 3.05) is 19.8 Å². The van der Waals surface area contributed by atoms with E-state index in [2.05, 4.69) is 41.2 Å². The molecule has 0 fully saturated rings. The van der Waals surface area contributed by atoms with Gasteiger partial charge < -0.3 is 30.5 Å². The maximum Gasteiger partial charge on any atom is 0.407 e. The van der Waals surface area contributed by atoms with E-state index in [1.165, 1.54) is 0 Å². The van der Waals surface area contributed by atoms with E-state index in [1.807, 2.05) is 36.4 Å². The normalized spacial score (nSPS) is 14.5. The molecule has 0 aromatic heterocycles. The molecule has 2 aromatic rings. The lowest BCUT2D eigenvalue weighted by atomic mass is 9.98. The van der Waals surface area contributed by atoms with Gasteiger partial charge >= 0.3 is 12.1 Å². The van der Waals surface area contributed by atoms with Crippen LogP contribution in [0.3, 0.4) is 0 Å². The third-order valence-corrected chi connectivity index (χ3v) is 7.38. The molecule has 0 bridgehead atoms. The number of fused-ring (bicyclic) bond motifs is 3. The number of alkyl carbamates (subject to hydrolysis) is 1. The average molecular weight is 606 g/mol. The van der Waals surface area contributed by atoms with Crippen LogP contribution in [0, 0.1) is 5.92 Å². The molecular formula is C34H43N3O7. The minimum absolute atomic E-state index is 0.0810. The molecule has 3 rings (SSSR count). The van der Waals surface area contributed by atoms with Crippen LogP contribution >= 0.6 is 0 Å². The van der Waals surface area contributed by atoms with Gasteiger partial charge in [0.05, 0.1) is 18.6 Å². The molecular weight excluding hydrogens is 562 g/mol. The molecule has 0 unspecified atom stereocenters. The maximum absolute atomic E-state index is 12.9. The minimum atomic E-state index is -0.975. The zero-order valence-corrected chi connectivity index (χ0v) is 25.4. The topological polar surface area (TPSA) is 143 Å². The second-order valence-corrected chi connectivity index (χ2v) is 11.0. The van der Waals surface area contributed by atoms with Crippen molar-refractivity contribution in [1.82, 2.24) is 16.0 Å². The summed E-state index contributed by atoms with van der Waals surface area (Å²) >= 11 is 0. The number of carbonyl (C=O) groups excluding carboxylic acids is 4. The molecule has 0 heterocycles. The van der Waals surface area contributed by atoms with E-state index in [4.69, 9.17) is 14.6 Å². The summed E-state index contributed by atoms with van der Waals surface area (Å²) in [7, 11) is 0. The fourth-order valence-corrected chi connectivity index (χ4v) is 5.11. The fourth-order valence-electron chi connectivity index (χ4n) is 5.11. The molecule has 0 aliphatic heterocycles. The smallest absolute Gasteiger partial charge is 0.407 e. The largest absolute Gasteiger partial charge is 0.462 e. The first-order chi connectivity index (χ1) is 21.2. The SMILES string of the molecule is C=CCC[C@H](NC(=O)OCC1c2ccccc2-c2ccccc21)C(=O)OC[C@H](C)NC(=O)[C@H](CC=C)CC(=O)N[C@@H](C)CO. The van der Waals surface area contributed by atoms with Gasteiger partial charge in [0.1, 0.15) is 19.3 Å². The Balaban J connectivity index is 1.52. The number of rotatable bonds is 17. The van der Waals surface area contributed by atoms with Gasteiger partial charge in [-0.25, -0.2) is 9.59 Å². The van der Waals surface area contributed by atoms with Crippen molar-refractivity contribution in [2.24, 2.45) is 5.92 Å². The number of esters is 1. The molecule has 2 aromatic carbocycles. The van der Waals surface area contributed by atoms with Crippen molar-refractivity contribution in [2.45, 2.75) is 63.6 Å². The number of aliphatic hydroxyl groups excluding tert-OH is 1. The van der Waals surface area contributed by atoms with Crippen LogP contribution in [0.4, 0.5) is 4.79 Å². The van der Waals surface area contributed by atoms with Crippen molar-refractivity contribution < 1.29 is 33.8 Å². The molecule has 0 saturated carbocycles. The molecule has 236 valence electrons. The van der Waals surface area contributed by atoms with Gasteiger partial charge in [0, 0.05) is 18.4 Å². The predicted octanol–water partition coefficient (Wildman–Crippen LogP) is 3.99. The predicted molar refractivity (Wildman–Crippen MR) is 168 cm³/mol. The van der Waals surface area contributed by atoms with Crippen molar-refractivity contribution in [3.8, 4) is 11.1 Å². The molecule has 0 radical (unpaired) electrons. The number of benzene rings is 2. The van der Waals surface area contributed by atoms with Crippen molar-refractivity contribution >= 4 is 23.9 Å². The molecule has 1 aliphatic carbocycles. The molecule has 10 heteroatoms. The summed E-state index contributed by atoms with van der Waals surface area (Å²) in [6.45, 7) is 10.4. The van der Waals surface area contributed by atoms with Crippen LogP contribution in [-0.4, -0.2) is 66.9 Å². The molecule has 44 heavy (non-hydrogen) atoms. The molecule has 4 atom stereocenters. The number of allylic oxidation sites excluding steroid dienone is 2. The average Bonchev–Trinajstić information content (AvgIpc) is 3.34. The highest BCUT2D eigenvalue weighted by Gasteiger charge is 2.30. The number of carbonyl (C=O) groups is 4. The van der Waals surface area contributed by atoms with Crippen LogP contribution in [0.2, 0.25) is 0 Å². The van der Waals surface area contributed by atoms with Crippen LogP contribution in [0.1, 0.15) is 56.6 Å². The minimum Gasteiger partial charge on any atom is -0.462 e. The molecule has 3 amide bonds. The first kappa shape index (κ1) is 34.1. The molecule has 0 spiro atoms. The fraction of sp³-hybridized carbons (Fsp3) is 0.412. The second-order valence-electron chi connectivity index (χ2n) is 11.0. The standard InChI is InChI=1S/C34H43N3O7/c1-5-7-17-30(33(41)43-20-23(4)36-32(40)24(12-6-2)18-31(39)35-22(3)19-38)37-34(42)44-21-29-27-15-10-8-13-25(27)26-14-9-11-16-28(26)29/h5-6,8-11,13-16,22-24,29-30,38H,1-2,7,12,17-21H2,3-4H3,(H,35,39)(H,36,40)(H,37,42)/t22-,23-,24+,30-/m0/s1. The summed E-state index contributed by atoms with van der Waals surface area (Å²) in [5.41, 5.74) is 4.38. The Hall–Kier alpha value is -4.44. The monoisotopic (exact) mass is 605 g/mol. The molecule has 4 N–H and O–H groups in total. The molecule has 0 saturated heterocycles. The Bertz CT molecular complexity index is 1280. The highest BCUT2D eigenvalue weighted by atomic mass is 16.6. The van der Waals surface area contributed by atoms with Crippen LogP contribution < -0.4 is 16.0 Å². The summed E-state index contributed by atoms with van der Waals surface area (Å²) in [5, 5.41) is 17.1. The summed E-state index contributed by atoms with van der Waals surface area (Å²) in [5.74, 6) is -2.21.